The van der Waals surface area contributed by atoms with Gasteiger partial charge in [-0.05, 0) is 18.6 Å². The van der Waals surface area contributed by atoms with Gasteiger partial charge in [-0.25, -0.2) is 9.37 Å². The second-order valence-corrected chi connectivity index (χ2v) is 7.17. The third-order valence-corrected chi connectivity index (χ3v) is 5.41. The van der Waals surface area contributed by atoms with Gasteiger partial charge in [-0.15, -0.1) is 11.3 Å². The first kappa shape index (κ1) is 16.7. The monoisotopic (exact) mass is 364 g/mol. The van der Waals surface area contributed by atoms with E-state index in [1.54, 1.807) is 0 Å². The van der Waals surface area contributed by atoms with Crippen molar-refractivity contribution in [2.75, 3.05) is 6.67 Å². The molecule has 0 atom stereocenters. The Morgan fingerprint density at radius 2 is 1.77 bits per heavy atom. The van der Waals surface area contributed by atoms with Crippen molar-refractivity contribution >= 4 is 21.6 Å². The van der Waals surface area contributed by atoms with E-state index < -0.39 is 6.67 Å². The summed E-state index contributed by atoms with van der Waals surface area (Å²) in [7, 11) is 0. The number of aryl methyl sites for hydroxylation is 1. The molecule has 0 amide bonds. The zero-order valence-electron chi connectivity index (χ0n) is 14.3. The quantitative estimate of drug-likeness (QED) is 0.507. The zero-order chi connectivity index (χ0) is 18.1. The van der Waals surface area contributed by atoms with E-state index in [0.717, 1.165) is 21.6 Å². The first-order valence-electron chi connectivity index (χ1n) is 8.40. The molecule has 5 heteroatoms. The van der Waals surface area contributed by atoms with E-state index in [-0.39, 0.29) is 12.1 Å². The number of aromatic nitrogens is 2. The van der Waals surface area contributed by atoms with Gasteiger partial charge in [0, 0.05) is 10.4 Å². The minimum Gasteiger partial charge on any atom is -0.289 e. The Labute approximate surface area is 154 Å². The number of fused-ring (bicyclic) bond motifs is 1. The first-order valence-corrected chi connectivity index (χ1v) is 9.22. The highest BCUT2D eigenvalue weighted by atomic mass is 32.1. The fourth-order valence-corrected chi connectivity index (χ4v) is 4.00. The van der Waals surface area contributed by atoms with Crippen molar-refractivity contribution in [3.8, 4) is 21.8 Å². The Hall–Kier alpha value is -2.79. The lowest BCUT2D eigenvalue weighted by atomic mass is 10.1. The fraction of sp³-hybridized carbons (Fsp3) is 0.143. The zero-order valence-corrected chi connectivity index (χ0v) is 15.1. The van der Waals surface area contributed by atoms with E-state index >= 15 is 0 Å². The molecule has 0 aliphatic heterocycles. The molecule has 0 spiro atoms. The summed E-state index contributed by atoms with van der Waals surface area (Å²) in [5, 5.41) is 0.540. The molecule has 0 fully saturated rings. The summed E-state index contributed by atoms with van der Waals surface area (Å²) in [5.41, 5.74) is 2.79. The predicted molar refractivity (Wildman–Crippen MR) is 105 cm³/mol. The molecule has 2 aromatic heterocycles. The molecule has 0 N–H and O–H groups in total. The molecule has 0 unspecified atom stereocenters. The second kappa shape index (κ2) is 6.84. The van der Waals surface area contributed by atoms with Crippen LogP contribution in [0, 0.1) is 6.92 Å². The fourth-order valence-electron chi connectivity index (χ4n) is 2.98. The molecule has 0 saturated heterocycles. The number of nitrogens with zero attached hydrogens (tertiary/aromatic N) is 2. The summed E-state index contributed by atoms with van der Waals surface area (Å²) in [6, 6.07) is 19.5. The van der Waals surface area contributed by atoms with E-state index in [4.69, 9.17) is 4.98 Å². The van der Waals surface area contributed by atoms with Crippen LogP contribution in [0.25, 0.3) is 32.0 Å². The molecular formula is C21H17FN2OS. The van der Waals surface area contributed by atoms with E-state index in [1.165, 1.54) is 15.9 Å². The maximum absolute atomic E-state index is 13.1. The van der Waals surface area contributed by atoms with Crippen LogP contribution in [0.2, 0.25) is 0 Å². The topological polar surface area (TPSA) is 34.9 Å². The summed E-state index contributed by atoms with van der Waals surface area (Å²) in [4.78, 5) is 19.4. The molecule has 0 aliphatic carbocycles. The summed E-state index contributed by atoms with van der Waals surface area (Å²) >= 11 is 1.49. The van der Waals surface area contributed by atoms with Crippen LogP contribution in [-0.4, -0.2) is 16.2 Å². The molecular weight excluding hydrogens is 347 g/mol. The summed E-state index contributed by atoms with van der Waals surface area (Å²) in [6.45, 7) is 1.39. The third kappa shape index (κ3) is 2.95. The highest BCUT2D eigenvalue weighted by molar-refractivity contribution is 7.21. The van der Waals surface area contributed by atoms with Gasteiger partial charge in [0.05, 0.1) is 11.9 Å². The predicted octanol–water partition coefficient (Wildman–Crippen LogP) is 5.07. The smallest absolute Gasteiger partial charge is 0.262 e. The van der Waals surface area contributed by atoms with E-state index in [2.05, 4.69) is 0 Å². The Kier molecular flexibility index (Phi) is 4.39. The molecule has 0 radical (unpaired) electrons. The van der Waals surface area contributed by atoms with Crippen LogP contribution in [0.5, 0.6) is 0 Å². The number of hydrogen-bond acceptors (Lipinski definition) is 3. The van der Waals surface area contributed by atoms with Crippen LogP contribution in [0.3, 0.4) is 0 Å². The van der Waals surface area contributed by atoms with Gasteiger partial charge in [0.1, 0.15) is 17.3 Å². The van der Waals surface area contributed by atoms with Crippen molar-refractivity contribution in [1.29, 1.82) is 0 Å². The normalized spacial score (nSPS) is 11.2. The molecule has 4 aromatic rings. The number of rotatable bonds is 4. The molecule has 4 rings (SSSR count). The SMILES string of the molecule is Cc1ccc(-c2nc3sc(-c4ccccc4)cc3c(=O)n2CCF)cc1. The van der Waals surface area contributed by atoms with Crippen molar-refractivity contribution in [2.45, 2.75) is 13.5 Å². The lowest BCUT2D eigenvalue weighted by Crippen LogP contribution is -2.23. The molecule has 0 aliphatic rings. The first-order chi connectivity index (χ1) is 12.7. The van der Waals surface area contributed by atoms with Gasteiger partial charge in [-0.1, -0.05) is 60.2 Å². The Morgan fingerprint density at radius 1 is 1.04 bits per heavy atom. The molecule has 3 nitrogen and oxygen atoms in total. The molecule has 0 saturated carbocycles. The second-order valence-electron chi connectivity index (χ2n) is 6.14. The van der Waals surface area contributed by atoms with E-state index in [1.807, 2.05) is 67.6 Å². The molecule has 26 heavy (non-hydrogen) atoms. The molecule has 2 aromatic carbocycles. The van der Waals surface area contributed by atoms with E-state index in [0.29, 0.717) is 16.0 Å². The molecule has 2 heterocycles. The van der Waals surface area contributed by atoms with Gasteiger partial charge in [0.15, 0.2) is 0 Å². The third-order valence-electron chi connectivity index (χ3n) is 4.33. The number of hydrogen-bond donors (Lipinski definition) is 0. The van der Waals surface area contributed by atoms with Crippen molar-refractivity contribution in [1.82, 2.24) is 9.55 Å². The van der Waals surface area contributed by atoms with Crippen LogP contribution < -0.4 is 5.56 Å². The minimum absolute atomic E-state index is 0.00149. The maximum Gasteiger partial charge on any atom is 0.262 e. The van der Waals surface area contributed by atoms with Gasteiger partial charge in [-0.2, -0.15) is 0 Å². The largest absolute Gasteiger partial charge is 0.289 e. The van der Waals surface area contributed by atoms with Gasteiger partial charge in [-0.3, -0.25) is 9.36 Å². The van der Waals surface area contributed by atoms with Gasteiger partial charge < -0.3 is 0 Å². The van der Waals surface area contributed by atoms with Crippen LogP contribution >= 0.6 is 11.3 Å². The highest BCUT2D eigenvalue weighted by Gasteiger charge is 2.16. The van der Waals surface area contributed by atoms with Gasteiger partial charge in [0.2, 0.25) is 0 Å². The Bertz CT molecular complexity index is 1110. The van der Waals surface area contributed by atoms with Gasteiger partial charge >= 0.3 is 0 Å². The van der Waals surface area contributed by atoms with Gasteiger partial charge in [0.25, 0.3) is 5.56 Å². The van der Waals surface area contributed by atoms with Crippen LogP contribution in [-0.2, 0) is 6.54 Å². The standard InChI is InChI=1S/C21H17FN2OS/c1-14-7-9-16(10-8-14)19-23-20-17(21(25)24(19)12-11-22)13-18(26-20)15-5-3-2-4-6-15/h2-10,13H,11-12H2,1H3. The molecule has 130 valence electrons. The minimum atomic E-state index is -0.609. The lowest BCUT2D eigenvalue weighted by Gasteiger charge is -2.11. The highest BCUT2D eigenvalue weighted by Crippen LogP contribution is 2.32. The lowest BCUT2D eigenvalue weighted by molar-refractivity contribution is 0.441. The van der Waals surface area contributed by atoms with Crippen molar-refractivity contribution in [3.05, 3.63) is 76.6 Å². The molecule has 0 bridgehead atoms. The average molecular weight is 364 g/mol. The average Bonchev–Trinajstić information content (AvgIpc) is 3.10. The van der Waals surface area contributed by atoms with E-state index in [9.17, 15) is 9.18 Å². The summed E-state index contributed by atoms with van der Waals surface area (Å²) in [6.07, 6.45) is 0. The van der Waals surface area contributed by atoms with Crippen LogP contribution in [0.1, 0.15) is 5.56 Å². The van der Waals surface area contributed by atoms with Crippen LogP contribution in [0.4, 0.5) is 4.39 Å². The van der Waals surface area contributed by atoms with Crippen molar-refractivity contribution < 1.29 is 4.39 Å². The Balaban J connectivity index is 1.95. The summed E-state index contributed by atoms with van der Waals surface area (Å²) < 4.78 is 14.5. The number of benzene rings is 2. The van der Waals surface area contributed by atoms with Crippen LogP contribution in [0.15, 0.2) is 65.5 Å². The Morgan fingerprint density at radius 3 is 2.46 bits per heavy atom. The number of alkyl halides is 1. The summed E-state index contributed by atoms with van der Waals surface area (Å²) in [5.74, 6) is 0.515. The van der Waals surface area contributed by atoms with Crippen molar-refractivity contribution in [2.24, 2.45) is 0 Å². The number of halogens is 1. The van der Waals surface area contributed by atoms with Crippen molar-refractivity contribution in [3.63, 3.8) is 0 Å². The number of thiophene rings is 1. The maximum atomic E-state index is 13.1.